The van der Waals surface area contributed by atoms with Crippen molar-refractivity contribution in [1.29, 1.82) is 0 Å². The summed E-state index contributed by atoms with van der Waals surface area (Å²) in [6, 6.07) is 1.90. The number of nitrogens with zero attached hydrogens (tertiary/aromatic N) is 2. The van der Waals surface area contributed by atoms with Crippen molar-refractivity contribution in [3.05, 3.63) is 18.0 Å². The van der Waals surface area contributed by atoms with Gasteiger partial charge in [-0.25, -0.2) is 0 Å². The van der Waals surface area contributed by atoms with Crippen LogP contribution in [0.1, 0.15) is 31.4 Å². The van der Waals surface area contributed by atoms with Crippen LogP contribution in [-0.4, -0.2) is 28.1 Å². The van der Waals surface area contributed by atoms with Gasteiger partial charge in [0.2, 0.25) is 0 Å². The van der Waals surface area contributed by atoms with Gasteiger partial charge in [-0.1, -0.05) is 0 Å². The maximum Gasteiger partial charge on any atom is 0.109 e. The van der Waals surface area contributed by atoms with E-state index in [1.165, 1.54) is 0 Å². The van der Waals surface area contributed by atoms with E-state index in [1.807, 2.05) is 19.3 Å². The first-order chi connectivity index (χ1) is 7.14. The molecule has 0 aliphatic heterocycles. The Bertz CT molecular complexity index is 327. The van der Waals surface area contributed by atoms with E-state index in [0.29, 0.717) is 6.10 Å². The average molecular weight is 210 g/mol. The van der Waals surface area contributed by atoms with Crippen molar-refractivity contribution in [3.63, 3.8) is 0 Å². The minimum Gasteiger partial charge on any atom is -0.383 e. The zero-order chi connectivity index (χ0) is 10.9. The number of ether oxygens (including phenoxy) is 1. The normalized spacial score (nSPS) is 31.8. The Morgan fingerprint density at radius 1 is 1.53 bits per heavy atom. The summed E-state index contributed by atoms with van der Waals surface area (Å²) in [6.45, 7) is 0. The number of aryl methyl sites for hydroxylation is 1. The summed E-state index contributed by atoms with van der Waals surface area (Å²) >= 11 is 0. The largest absolute Gasteiger partial charge is 0.383 e. The van der Waals surface area contributed by atoms with Crippen molar-refractivity contribution >= 4 is 0 Å². The standard InChI is InChI=1S/C11H18N2O2/c1-13-8-5-10(12-13)11(14)6-3-9(15-2)4-7-11/h5,8-9,14H,3-4,6-7H2,1-2H3. The lowest BCUT2D eigenvalue weighted by Gasteiger charge is -2.34. The molecule has 4 heteroatoms. The lowest BCUT2D eigenvalue weighted by molar-refractivity contribution is -0.0503. The van der Waals surface area contributed by atoms with Crippen LogP contribution in [0.15, 0.2) is 12.3 Å². The van der Waals surface area contributed by atoms with E-state index >= 15 is 0 Å². The fraction of sp³-hybridized carbons (Fsp3) is 0.727. The van der Waals surface area contributed by atoms with Gasteiger partial charge in [-0.2, -0.15) is 5.10 Å². The Hall–Kier alpha value is -0.870. The Morgan fingerprint density at radius 2 is 2.20 bits per heavy atom. The summed E-state index contributed by atoms with van der Waals surface area (Å²) < 4.78 is 7.02. The molecule has 1 N–H and O–H groups in total. The zero-order valence-electron chi connectivity index (χ0n) is 9.31. The number of aromatic nitrogens is 2. The van der Waals surface area contributed by atoms with E-state index in [1.54, 1.807) is 11.8 Å². The molecule has 2 rings (SSSR count). The predicted molar refractivity (Wildman–Crippen MR) is 56.4 cm³/mol. The number of aliphatic hydroxyl groups is 1. The minimum atomic E-state index is -0.740. The number of rotatable bonds is 2. The molecule has 0 aromatic carbocycles. The number of hydrogen-bond acceptors (Lipinski definition) is 3. The van der Waals surface area contributed by atoms with Gasteiger partial charge in [0.15, 0.2) is 0 Å². The molecule has 0 unspecified atom stereocenters. The molecule has 0 bridgehead atoms. The zero-order valence-corrected chi connectivity index (χ0v) is 9.31. The highest BCUT2D eigenvalue weighted by Gasteiger charge is 2.36. The van der Waals surface area contributed by atoms with Crippen LogP contribution in [0.3, 0.4) is 0 Å². The first-order valence-electron chi connectivity index (χ1n) is 5.39. The summed E-state index contributed by atoms with van der Waals surface area (Å²) in [7, 11) is 3.60. The van der Waals surface area contributed by atoms with Gasteiger partial charge in [0.25, 0.3) is 0 Å². The predicted octanol–water partition coefficient (Wildman–Crippen LogP) is 1.20. The van der Waals surface area contributed by atoms with E-state index in [-0.39, 0.29) is 0 Å². The summed E-state index contributed by atoms with van der Waals surface area (Å²) in [5.74, 6) is 0. The molecule has 4 nitrogen and oxygen atoms in total. The lowest BCUT2D eigenvalue weighted by Crippen LogP contribution is -2.34. The molecular weight excluding hydrogens is 192 g/mol. The summed E-state index contributed by atoms with van der Waals surface area (Å²) in [4.78, 5) is 0. The molecule has 84 valence electrons. The molecule has 0 saturated heterocycles. The van der Waals surface area contributed by atoms with Crippen molar-refractivity contribution < 1.29 is 9.84 Å². The van der Waals surface area contributed by atoms with Gasteiger partial charge in [0.1, 0.15) is 5.60 Å². The highest BCUT2D eigenvalue weighted by molar-refractivity contribution is 5.11. The average Bonchev–Trinajstić information content (AvgIpc) is 2.67. The quantitative estimate of drug-likeness (QED) is 0.797. The van der Waals surface area contributed by atoms with E-state index in [4.69, 9.17) is 4.74 Å². The molecule has 1 aliphatic rings. The second kappa shape index (κ2) is 3.94. The van der Waals surface area contributed by atoms with Gasteiger partial charge in [-0.05, 0) is 31.7 Å². The molecule has 1 aromatic rings. The molecule has 1 aliphatic carbocycles. The van der Waals surface area contributed by atoms with Crippen LogP contribution < -0.4 is 0 Å². The molecule has 1 saturated carbocycles. The summed E-state index contributed by atoms with van der Waals surface area (Å²) in [5, 5.41) is 14.7. The van der Waals surface area contributed by atoms with Crippen LogP contribution in [0, 0.1) is 0 Å². The van der Waals surface area contributed by atoms with E-state index in [2.05, 4.69) is 5.10 Å². The third kappa shape index (κ3) is 2.06. The van der Waals surface area contributed by atoms with Crippen molar-refractivity contribution in [2.24, 2.45) is 7.05 Å². The topological polar surface area (TPSA) is 47.3 Å². The molecular formula is C11H18N2O2. The van der Waals surface area contributed by atoms with Gasteiger partial charge < -0.3 is 9.84 Å². The Kier molecular flexibility index (Phi) is 2.80. The van der Waals surface area contributed by atoms with Crippen LogP contribution in [-0.2, 0) is 17.4 Å². The Labute approximate surface area is 89.9 Å². The molecule has 0 amide bonds. The van der Waals surface area contributed by atoms with Crippen LogP contribution in [0.4, 0.5) is 0 Å². The molecule has 1 fully saturated rings. The first-order valence-corrected chi connectivity index (χ1v) is 5.39. The summed E-state index contributed by atoms with van der Waals surface area (Å²) in [5.41, 5.74) is 0.0515. The first kappa shape index (κ1) is 10.6. The Balaban J connectivity index is 2.09. The Morgan fingerprint density at radius 3 is 2.67 bits per heavy atom. The van der Waals surface area contributed by atoms with Crippen molar-refractivity contribution in [1.82, 2.24) is 9.78 Å². The molecule has 0 atom stereocenters. The number of hydrogen-bond donors (Lipinski definition) is 1. The molecule has 1 aromatic heterocycles. The van der Waals surface area contributed by atoms with E-state index in [9.17, 15) is 5.11 Å². The fourth-order valence-electron chi connectivity index (χ4n) is 2.22. The highest BCUT2D eigenvalue weighted by Crippen LogP contribution is 2.36. The van der Waals surface area contributed by atoms with Crippen LogP contribution in [0.2, 0.25) is 0 Å². The van der Waals surface area contributed by atoms with Gasteiger partial charge in [-0.3, -0.25) is 4.68 Å². The fourth-order valence-corrected chi connectivity index (χ4v) is 2.22. The number of methoxy groups -OCH3 is 1. The molecule has 0 spiro atoms. The van der Waals surface area contributed by atoms with Gasteiger partial charge >= 0.3 is 0 Å². The smallest absolute Gasteiger partial charge is 0.109 e. The third-order valence-corrected chi connectivity index (χ3v) is 3.28. The SMILES string of the molecule is COC1CCC(O)(c2ccn(C)n2)CC1. The second-order valence-corrected chi connectivity index (χ2v) is 4.34. The van der Waals surface area contributed by atoms with Crippen LogP contribution >= 0.6 is 0 Å². The molecule has 15 heavy (non-hydrogen) atoms. The lowest BCUT2D eigenvalue weighted by atomic mass is 9.81. The second-order valence-electron chi connectivity index (χ2n) is 4.34. The van der Waals surface area contributed by atoms with Gasteiger partial charge in [0.05, 0.1) is 11.8 Å². The van der Waals surface area contributed by atoms with Gasteiger partial charge in [0, 0.05) is 20.4 Å². The molecule has 1 heterocycles. The van der Waals surface area contributed by atoms with Crippen molar-refractivity contribution in [3.8, 4) is 0 Å². The van der Waals surface area contributed by atoms with Crippen LogP contribution in [0.5, 0.6) is 0 Å². The highest BCUT2D eigenvalue weighted by atomic mass is 16.5. The maximum absolute atomic E-state index is 10.4. The minimum absolute atomic E-state index is 0.300. The van der Waals surface area contributed by atoms with Crippen molar-refractivity contribution in [2.75, 3.05) is 7.11 Å². The summed E-state index contributed by atoms with van der Waals surface area (Å²) in [6.07, 6.45) is 5.46. The monoisotopic (exact) mass is 210 g/mol. The van der Waals surface area contributed by atoms with E-state index in [0.717, 1.165) is 31.4 Å². The maximum atomic E-state index is 10.4. The van der Waals surface area contributed by atoms with Crippen molar-refractivity contribution in [2.45, 2.75) is 37.4 Å². The third-order valence-electron chi connectivity index (χ3n) is 3.28. The van der Waals surface area contributed by atoms with E-state index < -0.39 is 5.60 Å². The van der Waals surface area contributed by atoms with Crippen LogP contribution in [0.25, 0.3) is 0 Å². The molecule has 0 radical (unpaired) electrons. The van der Waals surface area contributed by atoms with Gasteiger partial charge in [-0.15, -0.1) is 0 Å².